The normalized spacial score (nSPS) is 12.2. The number of ether oxygens (including phenoxy) is 1. The molecule has 0 aliphatic rings. The van der Waals surface area contributed by atoms with E-state index in [1.807, 2.05) is 19.1 Å². The Labute approximate surface area is 98.0 Å². The average Bonchev–Trinajstić information content (AvgIpc) is 2.29. The van der Waals surface area contributed by atoms with E-state index in [2.05, 4.69) is 18.3 Å². The number of hydrogen-bond acceptors (Lipinski definition) is 3. The van der Waals surface area contributed by atoms with Crippen LogP contribution in [0.1, 0.15) is 18.9 Å². The predicted molar refractivity (Wildman–Crippen MR) is 69.1 cm³/mol. The van der Waals surface area contributed by atoms with Crippen molar-refractivity contribution >= 4 is 5.69 Å². The van der Waals surface area contributed by atoms with Crippen LogP contribution >= 0.6 is 0 Å². The van der Waals surface area contributed by atoms with Gasteiger partial charge in [0.25, 0.3) is 0 Å². The Morgan fingerprint density at radius 1 is 1.44 bits per heavy atom. The van der Waals surface area contributed by atoms with Crippen LogP contribution in [0.4, 0.5) is 5.69 Å². The quantitative estimate of drug-likeness (QED) is 0.777. The van der Waals surface area contributed by atoms with Crippen LogP contribution in [0.25, 0.3) is 0 Å². The van der Waals surface area contributed by atoms with E-state index < -0.39 is 0 Å². The summed E-state index contributed by atoms with van der Waals surface area (Å²) < 4.78 is 5.22. The van der Waals surface area contributed by atoms with Crippen LogP contribution < -0.4 is 15.8 Å². The molecule has 0 bridgehead atoms. The molecule has 0 radical (unpaired) electrons. The molecule has 3 nitrogen and oxygen atoms in total. The Kier molecular flexibility index (Phi) is 5.12. The molecule has 0 aromatic heterocycles. The van der Waals surface area contributed by atoms with Crippen LogP contribution in [0.3, 0.4) is 0 Å². The first-order valence-electron chi connectivity index (χ1n) is 5.76. The summed E-state index contributed by atoms with van der Waals surface area (Å²) in [5, 5.41) is 3.39. The predicted octanol–water partition coefficient (Wildman–Crippen LogP) is 2.40. The number of aryl methyl sites for hydroxylation is 1. The maximum absolute atomic E-state index is 5.57. The number of nitrogens with one attached hydrogen (secondary N) is 1. The van der Waals surface area contributed by atoms with Gasteiger partial charge in [0.05, 0.1) is 7.11 Å². The highest BCUT2D eigenvalue weighted by Crippen LogP contribution is 2.21. The molecule has 0 saturated carbocycles. The Hall–Kier alpha value is -1.22. The number of anilines is 1. The molecule has 16 heavy (non-hydrogen) atoms. The van der Waals surface area contributed by atoms with Crippen molar-refractivity contribution in [2.45, 2.75) is 20.3 Å². The van der Waals surface area contributed by atoms with E-state index in [4.69, 9.17) is 10.5 Å². The first kappa shape index (κ1) is 12.8. The molecule has 90 valence electrons. The van der Waals surface area contributed by atoms with E-state index in [1.54, 1.807) is 7.11 Å². The molecule has 1 rings (SSSR count). The second-order valence-corrected chi connectivity index (χ2v) is 4.24. The van der Waals surface area contributed by atoms with Crippen molar-refractivity contribution in [1.82, 2.24) is 0 Å². The van der Waals surface area contributed by atoms with Gasteiger partial charge in [-0.1, -0.05) is 6.92 Å². The van der Waals surface area contributed by atoms with E-state index in [0.29, 0.717) is 5.92 Å². The van der Waals surface area contributed by atoms with E-state index in [-0.39, 0.29) is 0 Å². The minimum atomic E-state index is 0.576. The SMILES string of the molecule is COc1ccc(NCCC(C)CN)cc1C. The second-order valence-electron chi connectivity index (χ2n) is 4.24. The monoisotopic (exact) mass is 222 g/mol. The first-order chi connectivity index (χ1) is 7.67. The zero-order valence-electron chi connectivity index (χ0n) is 10.4. The molecule has 3 N–H and O–H groups in total. The minimum Gasteiger partial charge on any atom is -0.496 e. The van der Waals surface area contributed by atoms with Crippen molar-refractivity contribution in [1.29, 1.82) is 0 Å². The summed E-state index contributed by atoms with van der Waals surface area (Å²) in [5.74, 6) is 1.51. The number of nitrogens with two attached hydrogens (primary N) is 1. The molecule has 0 fully saturated rings. The Morgan fingerprint density at radius 3 is 2.75 bits per heavy atom. The molecule has 0 saturated heterocycles. The lowest BCUT2D eigenvalue weighted by molar-refractivity contribution is 0.412. The van der Waals surface area contributed by atoms with Crippen molar-refractivity contribution in [3.05, 3.63) is 23.8 Å². The fourth-order valence-corrected chi connectivity index (χ4v) is 1.57. The van der Waals surface area contributed by atoms with Gasteiger partial charge in [0.2, 0.25) is 0 Å². The van der Waals surface area contributed by atoms with Gasteiger partial charge >= 0.3 is 0 Å². The molecule has 1 unspecified atom stereocenters. The molecule has 0 heterocycles. The first-order valence-corrected chi connectivity index (χ1v) is 5.76. The minimum absolute atomic E-state index is 0.576. The highest BCUT2D eigenvalue weighted by Gasteiger charge is 2.01. The highest BCUT2D eigenvalue weighted by atomic mass is 16.5. The summed E-state index contributed by atoms with van der Waals surface area (Å²) in [6.45, 7) is 5.93. The zero-order valence-corrected chi connectivity index (χ0v) is 10.4. The average molecular weight is 222 g/mol. The van der Waals surface area contributed by atoms with Crippen molar-refractivity contribution in [3.63, 3.8) is 0 Å². The van der Waals surface area contributed by atoms with Crippen molar-refractivity contribution in [3.8, 4) is 5.75 Å². The van der Waals surface area contributed by atoms with Gasteiger partial charge in [-0.3, -0.25) is 0 Å². The van der Waals surface area contributed by atoms with Crippen LogP contribution in [0.2, 0.25) is 0 Å². The Morgan fingerprint density at radius 2 is 2.19 bits per heavy atom. The van der Waals surface area contributed by atoms with Gasteiger partial charge < -0.3 is 15.8 Å². The maximum atomic E-state index is 5.57. The van der Waals surface area contributed by atoms with Crippen LogP contribution in [0.15, 0.2) is 18.2 Å². The molecule has 0 aliphatic carbocycles. The summed E-state index contributed by atoms with van der Waals surface area (Å²) in [6, 6.07) is 6.13. The summed E-state index contributed by atoms with van der Waals surface area (Å²) >= 11 is 0. The molecule has 1 aromatic rings. The van der Waals surface area contributed by atoms with Gasteiger partial charge in [-0.2, -0.15) is 0 Å². The number of hydrogen-bond donors (Lipinski definition) is 2. The molecule has 0 spiro atoms. The van der Waals surface area contributed by atoms with Gasteiger partial charge in [-0.15, -0.1) is 0 Å². The largest absolute Gasteiger partial charge is 0.496 e. The number of methoxy groups -OCH3 is 1. The van der Waals surface area contributed by atoms with E-state index >= 15 is 0 Å². The van der Waals surface area contributed by atoms with Crippen LogP contribution in [-0.2, 0) is 0 Å². The van der Waals surface area contributed by atoms with Gasteiger partial charge in [0, 0.05) is 12.2 Å². The van der Waals surface area contributed by atoms with Gasteiger partial charge in [-0.05, 0) is 49.6 Å². The van der Waals surface area contributed by atoms with E-state index in [1.165, 1.54) is 0 Å². The lowest BCUT2D eigenvalue weighted by Gasteiger charge is -2.12. The van der Waals surface area contributed by atoms with E-state index in [0.717, 1.165) is 36.5 Å². The molecule has 1 atom stereocenters. The molecular weight excluding hydrogens is 200 g/mol. The third-order valence-electron chi connectivity index (χ3n) is 2.76. The molecule has 3 heteroatoms. The summed E-state index contributed by atoms with van der Waals surface area (Å²) in [7, 11) is 1.69. The third kappa shape index (κ3) is 3.74. The molecule has 1 aromatic carbocycles. The van der Waals surface area contributed by atoms with Crippen LogP contribution in [-0.4, -0.2) is 20.2 Å². The molecular formula is C13H22N2O. The summed E-state index contributed by atoms with van der Waals surface area (Å²) in [6.07, 6.45) is 1.10. The standard InChI is InChI=1S/C13H22N2O/c1-10(9-14)6-7-15-12-4-5-13(16-3)11(2)8-12/h4-5,8,10,15H,6-7,9,14H2,1-3H3. The number of rotatable bonds is 6. The molecule has 0 aliphatic heterocycles. The lowest BCUT2D eigenvalue weighted by atomic mass is 10.1. The molecule has 0 amide bonds. The fraction of sp³-hybridized carbons (Fsp3) is 0.538. The topological polar surface area (TPSA) is 47.3 Å². The zero-order chi connectivity index (χ0) is 12.0. The van der Waals surface area contributed by atoms with Crippen molar-refractivity contribution in [2.24, 2.45) is 11.7 Å². The lowest BCUT2D eigenvalue weighted by Crippen LogP contribution is -2.14. The maximum Gasteiger partial charge on any atom is 0.121 e. The smallest absolute Gasteiger partial charge is 0.121 e. The fourth-order valence-electron chi connectivity index (χ4n) is 1.57. The Balaban J connectivity index is 2.46. The van der Waals surface area contributed by atoms with Gasteiger partial charge in [0.1, 0.15) is 5.75 Å². The van der Waals surface area contributed by atoms with Crippen LogP contribution in [0.5, 0.6) is 5.75 Å². The summed E-state index contributed by atoms with van der Waals surface area (Å²) in [4.78, 5) is 0. The second kappa shape index (κ2) is 6.38. The summed E-state index contributed by atoms with van der Waals surface area (Å²) in [5.41, 5.74) is 7.86. The van der Waals surface area contributed by atoms with Gasteiger partial charge in [0.15, 0.2) is 0 Å². The highest BCUT2D eigenvalue weighted by molar-refractivity contribution is 5.50. The van der Waals surface area contributed by atoms with Crippen LogP contribution in [0, 0.1) is 12.8 Å². The third-order valence-corrected chi connectivity index (χ3v) is 2.76. The van der Waals surface area contributed by atoms with E-state index in [9.17, 15) is 0 Å². The van der Waals surface area contributed by atoms with Crippen molar-refractivity contribution < 1.29 is 4.74 Å². The number of benzene rings is 1. The Bertz CT molecular complexity index is 326. The van der Waals surface area contributed by atoms with Gasteiger partial charge in [-0.25, -0.2) is 0 Å². The van der Waals surface area contributed by atoms with Crippen molar-refractivity contribution in [2.75, 3.05) is 25.5 Å².